The molecule has 1 unspecified atom stereocenters. The fourth-order valence-corrected chi connectivity index (χ4v) is 3.96. The van der Waals surface area contributed by atoms with Crippen LogP contribution in [0.15, 0.2) is 24.3 Å². The summed E-state index contributed by atoms with van der Waals surface area (Å²) in [5.74, 6) is 1.04. The first-order chi connectivity index (χ1) is 13.7. The molecule has 0 radical (unpaired) electrons. The van der Waals surface area contributed by atoms with E-state index in [1.54, 1.807) is 7.11 Å². The molecule has 0 N–H and O–H groups in total. The number of carbonyl (C=O) groups excluding carboxylic acids is 1. The molecule has 3 rings (SSSR count). The number of rotatable bonds is 8. The van der Waals surface area contributed by atoms with E-state index < -0.39 is 0 Å². The van der Waals surface area contributed by atoms with Crippen molar-refractivity contribution in [3.8, 4) is 5.75 Å². The average Bonchev–Trinajstić information content (AvgIpc) is 2.75. The average molecular weight is 390 g/mol. The number of amides is 1. The van der Waals surface area contributed by atoms with Crippen LogP contribution < -0.4 is 4.74 Å². The highest BCUT2D eigenvalue weighted by molar-refractivity contribution is 5.78. The van der Waals surface area contributed by atoms with Crippen LogP contribution in [-0.2, 0) is 16.1 Å². The van der Waals surface area contributed by atoms with Crippen molar-refractivity contribution in [1.82, 2.24) is 14.7 Å². The first-order valence-electron chi connectivity index (χ1n) is 10.6. The van der Waals surface area contributed by atoms with Gasteiger partial charge in [0.15, 0.2) is 0 Å². The molecule has 156 valence electrons. The van der Waals surface area contributed by atoms with Crippen LogP contribution in [-0.4, -0.2) is 86.2 Å². The van der Waals surface area contributed by atoms with Crippen LogP contribution in [0.3, 0.4) is 0 Å². The molecule has 0 bridgehead atoms. The molecule has 2 saturated heterocycles. The van der Waals surface area contributed by atoms with Crippen molar-refractivity contribution < 1.29 is 14.3 Å². The Morgan fingerprint density at radius 2 is 1.86 bits per heavy atom. The van der Waals surface area contributed by atoms with Gasteiger partial charge in [0.25, 0.3) is 0 Å². The molecule has 28 heavy (non-hydrogen) atoms. The first-order valence-corrected chi connectivity index (χ1v) is 10.6. The van der Waals surface area contributed by atoms with Gasteiger partial charge in [-0.1, -0.05) is 19.1 Å². The summed E-state index contributed by atoms with van der Waals surface area (Å²) in [6.45, 7) is 9.94. The van der Waals surface area contributed by atoms with Crippen molar-refractivity contribution >= 4 is 5.91 Å². The molecule has 1 aromatic carbocycles. The summed E-state index contributed by atoms with van der Waals surface area (Å²) < 4.78 is 11.2. The molecule has 6 heteroatoms. The van der Waals surface area contributed by atoms with Gasteiger partial charge in [-0.2, -0.15) is 0 Å². The Balaban J connectivity index is 1.61. The molecule has 2 aliphatic rings. The number of ether oxygens (including phenoxy) is 2. The third-order valence-electron chi connectivity index (χ3n) is 5.85. The summed E-state index contributed by atoms with van der Waals surface area (Å²) >= 11 is 0. The van der Waals surface area contributed by atoms with E-state index >= 15 is 0 Å². The van der Waals surface area contributed by atoms with E-state index in [9.17, 15) is 4.79 Å². The van der Waals surface area contributed by atoms with Crippen molar-refractivity contribution in [2.45, 2.75) is 38.8 Å². The predicted octanol–water partition coefficient (Wildman–Crippen LogP) is 2.23. The molecule has 0 spiro atoms. The monoisotopic (exact) mass is 389 g/mol. The molecule has 0 aliphatic carbocycles. The Labute approximate surface area is 169 Å². The third-order valence-corrected chi connectivity index (χ3v) is 5.85. The first kappa shape index (κ1) is 21.1. The highest BCUT2D eigenvalue weighted by Gasteiger charge is 2.25. The summed E-state index contributed by atoms with van der Waals surface area (Å²) in [6.07, 6.45) is 3.52. The summed E-state index contributed by atoms with van der Waals surface area (Å²) in [5.41, 5.74) is 1.13. The highest BCUT2D eigenvalue weighted by atomic mass is 16.5. The summed E-state index contributed by atoms with van der Waals surface area (Å²) in [5, 5.41) is 0. The van der Waals surface area contributed by atoms with E-state index in [4.69, 9.17) is 9.47 Å². The molecule has 1 atom stereocenters. The summed E-state index contributed by atoms with van der Waals surface area (Å²) in [6, 6.07) is 8.00. The molecule has 2 fully saturated rings. The quantitative estimate of drug-likeness (QED) is 0.682. The molecular weight excluding hydrogens is 354 g/mol. The number of hydrogen-bond donors (Lipinski definition) is 0. The van der Waals surface area contributed by atoms with E-state index in [0.29, 0.717) is 19.6 Å². The number of methoxy groups -OCH3 is 1. The molecule has 1 aromatic rings. The SMILES string of the molecule is CCN1CCN(CC(=O)N(Cc2ccc(OC)cc2)CC2CCCCO2)CC1. The van der Waals surface area contributed by atoms with Crippen LogP contribution in [0.5, 0.6) is 5.75 Å². The number of benzene rings is 1. The van der Waals surface area contributed by atoms with Crippen molar-refractivity contribution in [3.63, 3.8) is 0 Å². The number of piperazine rings is 1. The molecule has 1 amide bonds. The number of nitrogens with zero attached hydrogens (tertiary/aromatic N) is 3. The van der Waals surface area contributed by atoms with Gasteiger partial charge in [-0.05, 0) is 43.5 Å². The Bertz CT molecular complexity index is 594. The minimum atomic E-state index is 0.160. The second kappa shape index (κ2) is 10.8. The van der Waals surface area contributed by atoms with E-state index in [1.165, 1.54) is 6.42 Å². The normalized spacial score (nSPS) is 21.4. The molecular formula is C22H35N3O3. The van der Waals surface area contributed by atoms with Gasteiger partial charge in [0.05, 0.1) is 19.8 Å². The smallest absolute Gasteiger partial charge is 0.237 e. The minimum absolute atomic E-state index is 0.160. The van der Waals surface area contributed by atoms with E-state index in [2.05, 4.69) is 16.7 Å². The van der Waals surface area contributed by atoms with Gasteiger partial charge in [-0.25, -0.2) is 0 Å². The second-order valence-electron chi connectivity index (χ2n) is 7.82. The number of carbonyl (C=O) groups is 1. The largest absolute Gasteiger partial charge is 0.497 e. The summed E-state index contributed by atoms with van der Waals surface area (Å²) in [4.78, 5) is 19.9. The fraction of sp³-hybridized carbons (Fsp3) is 0.682. The molecule has 0 aromatic heterocycles. The lowest BCUT2D eigenvalue weighted by molar-refractivity contribution is -0.136. The molecule has 0 saturated carbocycles. The van der Waals surface area contributed by atoms with Crippen molar-refractivity contribution in [1.29, 1.82) is 0 Å². The Hall–Kier alpha value is -1.63. The molecule has 2 heterocycles. The molecule has 2 aliphatic heterocycles. The summed E-state index contributed by atoms with van der Waals surface area (Å²) in [7, 11) is 1.67. The van der Waals surface area contributed by atoms with Crippen molar-refractivity contribution in [3.05, 3.63) is 29.8 Å². The standard InChI is InChI=1S/C22H35N3O3/c1-3-23-11-13-24(14-12-23)18-22(26)25(17-21-6-4-5-15-28-21)16-19-7-9-20(27-2)10-8-19/h7-10,21H,3-6,11-18H2,1-2H3. The van der Waals surface area contributed by atoms with Gasteiger partial charge in [-0.3, -0.25) is 9.69 Å². The number of hydrogen-bond acceptors (Lipinski definition) is 5. The fourth-order valence-electron chi connectivity index (χ4n) is 3.96. The maximum Gasteiger partial charge on any atom is 0.237 e. The van der Waals surface area contributed by atoms with Crippen LogP contribution in [0.1, 0.15) is 31.7 Å². The van der Waals surface area contributed by atoms with Crippen LogP contribution in [0.25, 0.3) is 0 Å². The predicted molar refractivity (Wildman–Crippen MR) is 111 cm³/mol. The van der Waals surface area contributed by atoms with Crippen LogP contribution >= 0.6 is 0 Å². The van der Waals surface area contributed by atoms with Gasteiger partial charge in [0, 0.05) is 45.9 Å². The van der Waals surface area contributed by atoms with E-state index in [-0.39, 0.29) is 12.0 Å². The molecule has 6 nitrogen and oxygen atoms in total. The lowest BCUT2D eigenvalue weighted by Crippen LogP contribution is -2.50. The van der Waals surface area contributed by atoms with Gasteiger partial charge in [0.2, 0.25) is 5.91 Å². The maximum absolute atomic E-state index is 13.2. The van der Waals surface area contributed by atoms with E-state index in [1.807, 2.05) is 29.2 Å². The zero-order chi connectivity index (χ0) is 19.8. The maximum atomic E-state index is 13.2. The highest BCUT2D eigenvalue weighted by Crippen LogP contribution is 2.18. The van der Waals surface area contributed by atoms with Gasteiger partial charge in [-0.15, -0.1) is 0 Å². The van der Waals surface area contributed by atoms with E-state index in [0.717, 1.165) is 63.5 Å². The Morgan fingerprint density at radius 1 is 1.14 bits per heavy atom. The Kier molecular flexibility index (Phi) is 8.13. The topological polar surface area (TPSA) is 45.2 Å². The number of likely N-dealkylation sites (N-methyl/N-ethyl adjacent to an activating group) is 1. The zero-order valence-corrected chi connectivity index (χ0v) is 17.4. The van der Waals surface area contributed by atoms with Gasteiger partial charge >= 0.3 is 0 Å². The van der Waals surface area contributed by atoms with Gasteiger partial charge < -0.3 is 19.3 Å². The minimum Gasteiger partial charge on any atom is -0.497 e. The van der Waals surface area contributed by atoms with Crippen LogP contribution in [0.4, 0.5) is 0 Å². The lowest BCUT2D eigenvalue weighted by atomic mass is 10.1. The third kappa shape index (κ3) is 6.19. The van der Waals surface area contributed by atoms with Crippen molar-refractivity contribution in [2.75, 3.05) is 59.5 Å². The lowest BCUT2D eigenvalue weighted by Gasteiger charge is -2.36. The van der Waals surface area contributed by atoms with Crippen LogP contribution in [0, 0.1) is 0 Å². The van der Waals surface area contributed by atoms with Crippen LogP contribution in [0.2, 0.25) is 0 Å². The zero-order valence-electron chi connectivity index (χ0n) is 17.4. The second-order valence-corrected chi connectivity index (χ2v) is 7.82. The van der Waals surface area contributed by atoms with Gasteiger partial charge in [0.1, 0.15) is 5.75 Å². The van der Waals surface area contributed by atoms with Crippen molar-refractivity contribution in [2.24, 2.45) is 0 Å². The Morgan fingerprint density at radius 3 is 2.46 bits per heavy atom.